The molecule has 0 aromatic carbocycles. The van der Waals surface area contributed by atoms with Crippen molar-refractivity contribution < 1.29 is 19.0 Å². The summed E-state index contributed by atoms with van der Waals surface area (Å²) >= 11 is 0. The van der Waals surface area contributed by atoms with E-state index in [1.165, 1.54) is 12.8 Å². The van der Waals surface area contributed by atoms with Gasteiger partial charge in [0.25, 0.3) is 0 Å². The zero-order valence-corrected chi connectivity index (χ0v) is 9.95. The fraction of sp³-hybridized carbons (Fsp3) is 0.909. The summed E-state index contributed by atoms with van der Waals surface area (Å²) in [6, 6.07) is 0. The van der Waals surface area contributed by atoms with Crippen LogP contribution in [0.15, 0.2) is 0 Å². The van der Waals surface area contributed by atoms with Gasteiger partial charge in [-0.1, -0.05) is 26.2 Å². The van der Waals surface area contributed by atoms with E-state index in [1.54, 1.807) is 7.11 Å². The Balaban J connectivity index is 3.26. The third-order valence-electron chi connectivity index (χ3n) is 2.06. The van der Waals surface area contributed by atoms with Gasteiger partial charge in [-0.3, -0.25) is 0 Å². The third-order valence-corrected chi connectivity index (χ3v) is 2.06. The summed E-state index contributed by atoms with van der Waals surface area (Å²) in [6.07, 6.45) is 3.67. The summed E-state index contributed by atoms with van der Waals surface area (Å²) in [4.78, 5) is 11.0. The lowest BCUT2D eigenvalue weighted by Crippen LogP contribution is -2.18. The second kappa shape index (κ2) is 9.77. The molecule has 15 heavy (non-hydrogen) atoms. The van der Waals surface area contributed by atoms with E-state index in [9.17, 15) is 4.79 Å². The maximum atomic E-state index is 11.0. The van der Waals surface area contributed by atoms with Crippen molar-refractivity contribution in [2.24, 2.45) is 0 Å². The molecule has 0 aliphatic heterocycles. The smallest absolute Gasteiger partial charge is 0.434 e. The van der Waals surface area contributed by atoms with E-state index in [4.69, 9.17) is 14.2 Å². The molecule has 0 fully saturated rings. The molecule has 0 aromatic rings. The van der Waals surface area contributed by atoms with Crippen molar-refractivity contribution in [3.05, 3.63) is 0 Å². The van der Waals surface area contributed by atoms with E-state index >= 15 is 0 Å². The zero-order chi connectivity index (χ0) is 11.5. The molecule has 90 valence electrons. The molecule has 4 heteroatoms. The molecule has 0 spiro atoms. The van der Waals surface area contributed by atoms with Crippen LogP contribution in [0, 0.1) is 0 Å². The molecule has 0 aliphatic rings. The Hall–Kier alpha value is -0.770. The molecule has 1 unspecified atom stereocenters. The van der Waals surface area contributed by atoms with Crippen LogP contribution >= 0.6 is 0 Å². The van der Waals surface area contributed by atoms with Gasteiger partial charge in [0, 0.05) is 7.11 Å². The molecule has 0 bridgehead atoms. The van der Waals surface area contributed by atoms with Gasteiger partial charge in [0.15, 0.2) is 0 Å². The average molecular weight is 218 g/mol. The molecule has 0 saturated heterocycles. The van der Waals surface area contributed by atoms with Crippen LogP contribution in [-0.2, 0) is 14.2 Å². The van der Waals surface area contributed by atoms with Crippen molar-refractivity contribution in [1.29, 1.82) is 0 Å². The lowest BCUT2D eigenvalue weighted by molar-refractivity contribution is 0.00844. The highest BCUT2D eigenvalue weighted by Gasteiger charge is 2.06. The predicted octanol–water partition coefficient (Wildman–Crippen LogP) is 2.75. The molecule has 0 saturated carbocycles. The summed E-state index contributed by atoms with van der Waals surface area (Å²) in [6.45, 7) is 4.65. The summed E-state index contributed by atoms with van der Waals surface area (Å²) in [7, 11) is 1.57. The Kier molecular flexibility index (Phi) is 9.27. The van der Waals surface area contributed by atoms with Gasteiger partial charge in [0.05, 0.1) is 12.7 Å². The van der Waals surface area contributed by atoms with Crippen molar-refractivity contribution in [3.63, 3.8) is 0 Å². The van der Waals surface area contributed by atoms with E-state index in [0.29, 0.717) is 6.61 Å². The first-order chi connectivity index (χ1) is 7.20. The quantitative estimate of drug-likeness (QED) is 0.464. The first-order valence-electron chi connectivity index (χ1n) is 5.53. The standard InChI is InChI=1S/C11H22O4/c1-4-5-6-7-8-14-11(12)15-9-10(2)13-3/h10H,4-9H2,1-3H3. The molecule has 0 amide bonds. The Morgan fingerprint density at radius 3 is 2.53 bits per heavy atom. The van der Waals surface area contributed by atoms with Gasteiger partial charge in [-0.25, -0.2) is 4.79 Å². The van der Waals surface area contributed by atoms with Crippen molar-refractivity contribution in [2.75, 3.05) is 20.3 Å². The van der Waals surface area contributed by atoms with Crippen molar-refractivity contribution in [3.8, 4) is 0 Å². The number of methoxy groups -OCH3 is 1. The van der Waals surface area contributed by atoms with Gasteiger partial charge in [-0.2, -0.15) is 0 Å². The van der Waals surface area contributed by atoms with E-state index < -0.39 is 6.16 Å². The molecular formula is C11H22O4. The van der Waals surface area contributed by atoms with E-state index in [0.717, 1.165) is 12.8 Å². The van der Waals surface area contributed by atoms with Crippen LogP contribution in [-0.4, -0.2) is 32.6 Å². The number of hydrogen-bond donors (Lipinski definition) is 0. The van der Waals surface area contributed by atoms with Crippen LogP contribution in [0.1, 0.15) is 39.5 Å². The Labute approximate surface area is 91.9 Å². The molecule has 0 heterocycles. The highest BCUT2D eigenvalue weighted by molar-refractivity contribution is 5.59. The van der Waals surface area contributed by atoms with Crippen LogP contribution in [0.5, 0.6) is 0 Å². The van der Waals surface area contributed by atoms with Crippen LogP contribution in [0.25, 0.3) is 0 Å². The summed E-state index contributed by atoms with van der Waals surface area (Å²) in [5.41, 5.74) is 0. The molecule has 0 aliphatic carbocycles. The van der Waals surface area contributed by atoms with Gasteiger partial charge in [0.2, 0.25) is 0 Å². The molecule has 0 aromatic heterocycles. The summed E-state index contributed by atoms with van der Waals surface area (Å²) in [5, 5.41) is 0. The van der Waals surface area contributed by atoms with E-state index in [1.807, 2.05) is 6.92 Å². The van der Waals surface area contributed by atoms with Crippen LogP contribution in [0.3, 0.4) is 0 Å². The number of carbonyl (C=O) groups excluding carboxylic acids is 1. The molecule has 0 N–H and O–H groups in total. The Morgan fingerprint density at radius 2 is 1.93 bits per heavy atom. The molecule has 0 radical (unpaired) electrons. The highest BCUT2D eigenvalue weighted by Crippen LogP contribution is 2.00. The predicted molar refractivity (Wildman–Crippen MR) is 57.9 cm³/mol. The zero-order valence-electron chi connectivity index (χ0n) is 9.95. The maximum Gasteiger partial charge on any atom is 0.508 e. The Morgan fingerprint density at radius 1 is 1.20 bits per heavy atom. The lowest BCUT2D eigenvalue weighted by Gasteiger charge is -2.10. The minimum atomic E-state index is -0.601. The van der Waals surface area contributed by atoms with Crippen LogP contribution < -0.4 is 0 Å². The summed E-state index contributed by atoms with van der Waals surface area (Å²) in [5.74, 6) is 0. The monoisotopic (exact) mass is 218 g/mol. The largest absolute Gasteiger partial charge is 0.508 e. The number of rotatable bonds is 8. The van der Waals surface area contributed by atoms with Gasteiger partial charge in [0.1, 0.15) is 6.61 Å². The van der Waals surface area contributed by atoms with Crippen LogP contribution in [0.2, 0.25) is 0 Å². The van der Waals surface area contributed by atoms with Crippen molar-refractivity contribution >= 4 is 6.16 Å². The first kappa shape index (κ1) is 14.2. The first-order valence-corrected chi connectivity index (χ1v) is 5.53. The minimum Gasteiger partial charge on any atom is -0.434 e. The molecular weight excluding hydrogens is 196 g/mol. The number of carbonyl (C=O) groups is 1. The molecule has 4 nitrogen and oxygen atoms in total. The summed E-state index contributed by atoms with van der Waals surface area (Å²) < 4.78 is 14.6. The lowest BCUT2D eigenvalue weighted by atomic mass is 10.2. The Bertz CT molecular complexity index is 159. The molecule has 1 atom stereocenters. The topological polar surface area (TPSA) is 44.8 Å². The number of unbranched alkanes of at least 4 members (excludes halogenated alkanes) is 3. The second-order valence-corrected chi connectivity index (χ2v) is 3.52. The van der Waals surface area contributed by atoms with E-state index in [-0.39, 0.29) is 12.7 Å². The number of hydrogen-bond acceptors (Lipinski definition) is 4. The SMILES string of the molecule is CCCCCCOC(=O)OCC(C)OC. The van der Waals surface area contributed by atoms with Gasteiger partial charge >= 0.3 is 6.16 Å². The fourth-order valence-electron chi connectivity index (χ4n) is 0.979. The fourth-order valence-corrected chi connectivity index (χ4v) is 0.979. The minimum absolute atomic E-state index is 0.0855. The van der Waals surface area contributed by atoms with Gasteiger partial charge in [-0.05, 0) is 13.3 Å². The molecule has 0 rings (SSSR count). The second-order valence-electron chi connectivity index (χ2n) is 3.52. The van der Waals surface area contributed by atoms with Crippen LogP contribution in [0.4, 0.5) is 4.79 Å². The third kappa shape index (κ3) is 9.53. The van der Waals surface area contributed by atoms with Gasteiger partial charge < -0.3 is 14.2 Å². The van der Waals surface area contributed by atoms with Gasteiger partial charge in [-0.15, -0.1) is 0 Å². The maximum absolute atomic E-state index is 11.0. The average Bonchev–Trinajstić information content (AvgIpc) is 2.25. The van der Waals surface area contributed by atoms with Crippen molar-refractivity contribution in [1.82, 2.24) is 0 Å². The number of ether oxygens (including phenoxy) is 3. The van der Waals surface area contributed by atoms with Crippen molar-refractivity contribution in [2.45, 2.75) is 45.6 Å². The highest BCUT2D eigenvalue weighted by atomic mass is 16.7. The normalized spacial score (nSPS) is 12.2. The van der Waals surface area contributed by atoms with E-state index in [2.05, 4.69) is 6.92 Å².